The molecule has 2 aliphatic rings. The Kier molecular flexibility index (Phi) is 6.20. The van der Waals surface area contributed by atoms with E-state index in [9.17, 15) is 26.7 Å². The van der Waals surface area contributed by atoms with Gasteiger partial charge in [-0.1, -0.05) is 24.3 Å². The van der Waals surface area contributed by atoms with Crippen LogP contribution in [0.1, 0.15) is 47.4 Å². The monoisotopic (exact) mass is 538 g/mol. The summed E-state index contributed by atoms with van der Waals surface area (Å²) in [6.07, 6.45) is 3.32. The molecule has 1 N–H and O–H groups in total. The minimum absolute atomic E-state index is 0.0544. The number of anilines is 1. The molecule has 1 aromatic heterocycles. The van der Waals surface area contributed by atoms with Crippen LogP contribution in [-0.2, 0) is 6.54 Å². The van der Waals surface area contributed by atoms with Crippen LogP contribution in [0.5, 0.6) is 0 Å². The number of carbonyl (C=O) groups is 1. The van der Waals surface area contributed by atoms with Crippen LogP contribution in [0.15, 0.2) is 42.5 Å². The molecule has 10 heteroatoms. The van der Waals surface area contributed by atoms with Crippen LogP contribution >= 0.6 is 0 Å². The number of benzene rings is 3. The Morgan fingerprint density at radius 3 is 2.21 bits per heavy atom. The van der Waals surface area contributed by atoms with Gasteiger partial charge in [-0.3, -0.25) is 4.79 Å². The van der Waals surface area contributed by atoms with E-state index in [1.807, 2.05) is 37.3 Å². The molecule has 0 aliphatic heterocycles. The molecule has 2 fully saturated rings. The van der Waals surface area contributed by atoms with E-state index < -0.39 is 40.6 Å². The minimum Gasteiger partial charge on any atom is -0.367 e. The SMILES string of the molecule is Cc1nc(NC2CC2)c2cc(-c3cccc(CN(C(=O)c4c(F)c(F)c(F)c(F)c4F)C4CC4)c3)ccc2n1. The molecule has 2 aliphatic carbocycles. The highest BCUT2D eigenvalue weighted by Crippen LogP contribution is 2.34. The number of halogens is 5. The molecule has 2 saturated carbocycles. The van der Waals surface area contributed by atoms with Gasteiger partial charge < -0.3 is 10.2 Å². The van der Waals surface area contributed by atoms with Crippen LogP contribution in [0.3, 0.4) is 0 Å². The van der Waals surface area contributed by atoms with Gasteiger partial charge in [0.1, 0.15) is 17.2 Å². The lowest BCUT2D eigenvalue weighted by Gasteiger charge is -2.24. The first-order valence-corrected chi connectivity index (χ1v) is 12.7. The van der Waals surface area contributed by atoms with Crippen molar-refractivity contribution in [2.45, 2.75) is 51.2 Å². The highest BCUT2D eigenvalue weighted by Gasteiger charge is 2.38. The Labute approximate surface area is 220 Å². The third-order valence-electron chi connectivity index (χ3n) is 7.01. The topological polar surface area (TPSA) is 58.1 Å². The highest BCUT2D eigenvalue weighted by molar-refractivity contribution is 5.95. The minimum atomic E-state index is -2.29. The molecule has 1 heterocycles. The van der Waals surface area contributed by atoms with E-state index in [-0.39, 0.29) is 12.6 Å². The maximum Gasteiger partial charge on any atom is 0.260 e. The number of aryl methyl sites for hydroxylation is 1. The molecular weight excluding hydrogens is 515 g/mol. The van der Waals surface area contributed by atoms with E-state index >= 15 is 0 Å². The number of rotatable bonds is 7. The Morgan fingerprint density at radius 2 is 1.54 bits per heavy atom. The van der Waals surface area contributed by atoms with Crippen LogP contribution in [0.2, 0.25) is 0 Å². The number of carbonyl (C=O) groups excluding carboxylic acids is 1. The summed E-state index contributed by atoms with van der Waals surface area (Å²) < 4.78 is 69.9. The second kappa shape index (κ2) is 9.59. The van der Waals surface area contributed by atoms with Crippen LogP contribution in [0, 0.1) is 36.0 Å². The summed E-state index contributed by atoms with van der Waals surface area (Å²) in [4.78, 5) is 23.4. The van der Waals surface area contributed by atoms with Gasteiger partial charge >= 0.3 is 0 Å². The summed E-state index contributed by atoms with van der Waals surface area (Å²) in [5.41, 5.74) is 1.72. The van der Waals surface area contributed by atoms with Crippen molar-refractivity contribution in [3.8, 4) is 11.1 Å². The van der Waals surface area contributed by atoms with Crippen molar-refractivity contribution in [3.05, 3.63) is 88.5 Å². The smallest absolute Gasteiger partial charge is 0.260 e. The lowest BCUT2D eigenvalue weighted by Crippen LogP contribution is -2.34. The zero-order valence-corrected chi connectivity index (χ0v) is 20.9. The number of amides is 1. The van der Waals surface area contributed by atoms with Gasteiger partial charge in [0.05, 0.1) is 5.52 Å². The molecule has 0 bridgehead atoms. The van der Waals surface area contributed by atoms with Gasteiger partial charge in [0, 0.05) is 24.0 Å². The fourth-order valence-corrected chi connectivity index (χ4v) is 4.69. The third kappa shape index (κ3) is 4.79. The lowest BCUT2D eigenvalue weighted by molar-refractivity contribution is 0.0716. The van der Waals surface area contributed by atoms with Crippen molar-refractivity contribution in [2.75, 3.05) is 5.32 Å². The summed E-state index contributed by atoms with van der Waals surface area (Å²) in [7, 11) is 0. The van der Waals surface area contributed by atoms with Crippen LogP contribution in [0.4, 0.5) is 27.8 Å². The van der Waals surface area contributed by atoms with E-state index in [2.05, 4.69) is 15.3 Å². The fraction of sp³-hybridized carbons (Fsp3) is 0.276. The number of hydrogen-bond donors (Lipinski definition) is 1. The van der Waals surface area contributed by atoms with Crippen molar-refractivity contribution >= 4 is 22.6 Å². The summed E-state index contributed by atoms with van der Waals surface area (Å²) in [6.45, 7) is 1.79. The molecule has 0 atom stereocenters. The largest absolute Gasteiger partial charge is 0.367 e. The number of hydrogen-bond acceptors (Lipinski definition) is 4. The van der Waals surface area contributed by atoms with Crippen LogP contribution in [0.25, 0.3) is 22.0 Å². The Balaban J connectivity index is 1.32. The predicted molar refractivity (Wildman–Crippen MR) is 135 cm³/mol. The summed E-state index contributed by atoms with van der Waals surface area (Å²) in [5, 5.41) is 4.32. The van der Waals surface area contributed by atoms with E-state index in [1.54, 1.807) is 12.1 Å². The molecule has 0 spiro atoms. The maximum atomic E-state index is 14.4. The van der Waals surface area contributed by atoms with Crippen molar-refractivity contribution in [1.29, 1.82) is 0 Å². The standard InChI is InChI=1S/C29H23F5N4O/c1-14-35-21-10-5-17(12-20(21)28(36-14)37-18-6-7-18)16-4-2-3-15(11-16)13-38(19-8-9-19)29(39)22-23(30)25(32)27(34)26(33)24(22)31/h2-5,10-12,18-19H,6-9,13H2,1H3,(H,35,36,37). The lowest BCUT2D eigenvalue weighted by atomic mass is 10.0. The molecular formula is C29H23F5N4O. The van der Waals surface area contributed by atoms with Crippen LogP contribution in [-0.4, -0.2) is 32.9 Å². The van der Waals surface area contributed by atoms with Crippen LogP contribution < -0.4 is 5.32 Å². The zero-order valence-electron chi connectivity index (χ0n) is 20.9. The zero-order chi connectivity index (χ0) is 27.4. The normalized spacial score (nSPS) is 15.0. The average Bonchev–Trinajstić information content (AvgIpc) is 3.85. The van der Waals surface area contributed by atoms with Crippen molar-refractivity contribution in [2.24, 2.45) is 0 Å². The summed E-state index contributed by atoms with van der Waals surface area (Å²) in [5.74, 6) is -10.6. The number of aromatic nitrogens is 2. The van der Waals surface area contributed by atoms with Crippen molar-refractivity contribution in [3.63, 3.8) is 0 Å². The Morgan fingerprint density at radius 1 is 0.872 bits per heavy atom. The van der Waals surface area contributed by atoms with E-state index in [1.165, 1.54) is 4.90 Å². The maximum absolute atomic E-state index is 14.4. The Hall–Kier alpha value is -4.08. The molecule has 5 nitrogen and oxygen atoms in total. The molecule has 200 valence electrons. The quantitative estimate of drug-likeness (QED) is 0.162. The molecule has 39 heavy (non-hydrogen) atoms. The summed E-state index contributed by atoms with van der Waals surface area (Å²) in [6, 6.07) is 13.1. The number of fused-ring (bicyclic) bond motifs is 1. The number of nitrogens with zero attached hydrogens (tertiary/aromatic N) is 3. The molecule has 0 saturated heterocycles. The highest BCUT2D eigenvalue weighted by atomic mass is 19.2. The van der Waals surface area contributed by atoms with E-state index in [0.717, 1.165) is 40.7 Å². The van der Waals surface area contributed by atoms with Gasteiger partial charge in [-0.25, -0.2) is 31.9 Å². The first kappa shape index (κ1) is 25.2. The second-order valence-corrected chi connectivity index (χ2v) is 10.1. The molecule has 3 aromatic carbocycles. The van der Waals surface area contributed by atoms with E-state index in [0.29, 0.717) is 30.3 Å². The van der Waals surface area contributed by atoms with Crippen molar-refractivity contribution < 1.29 is 26.7 Å². The molecule has 0 unspecified atom stereocenters. The average molecular weight is 539 g/mol. The summed E-state index contributed by atoms with van der Waals surface area (Å²) >= 11 is 0. The van der Waals surface area contributed by atoms with Gasteiger partial charge in [0.2, 0.25) is 5.82 Å². The second-order valence-electron chi connectivity index (χ2n) is 10.1. The molecule has 1 amide bonds. The van der Waals surface area contributed by atoms with Gasteiger partial charge in [0.25, 0.3) is 5.91 Å². The third-order valence-corrected chi connectivity index (χ3v) is 7.01. The number of nitrogens with one attached hydrogen (secondary N) is 1. The molecule has 4 aromatic rings. The first-order chi connectivity index (χ1) is 18.7. The molecule has 0 radical (unpaired) electrons. The van der Waals surface area contributed by atoms with Gasteiger partial charge in [-0.2, -0.15) is 0 Å². The van der Waals surface area contributed by atoms with Crippen molar-refractivity contribution in [1.82, 2.24) is 14.9 Å². The molecule has 6 rings (SSSR count). The van der Waals surface area contributed by atoms with Gasteiger partial charge in [0.15, 0.2) is 23.3 Å². The first-order valence-electron chi connectivity index (χ1n) is 12.7. The Bertz CT molecular complexity index is 1610. The van der Waals surface area contributed by atoms with E-state index in [4.69, 9.17) is 0 Å². The van der Waals surface area contributed by atoms with Gasteiger partial charge in [-0.05, 0) is 67.5 Å². The fourth-order valence-electron chi connectivity index (χ4n) is 4.69. The van der Waals surface area contributed by atoms with Gasteiger partial charge in [-0.15, -0.1) is 0 Å². The predicted octanol–water partition coefficient (Wildman–Crippen LogP) is 6.68.